The molecule has 0 aliphatic carbocycles. The first-order valence-corrected chi connectivity index (χ1v) is 2.19. The van der Waals surface area contributed by atoms with Crippen LogP contribution in [-0.2, 0) is 0 Å². The quantitative estimate of drug-likeness (QED) is 0.409. The summed E-state index contributed by atoms with van der Waals surface area (Å²) in [6.07, 6.45) is 1.97. The third kappa shape index (κ3) is 2.52. The normalized spacial score (nSPS) is 19.4. The van der Waals surface area contributed by atoms with E-state index in [1.54, 1.807) is 0 Å². The van der Waals surface area contributed by atoms with Crippen molar-refractivity contribution in [1.82, 2.24) is 0 Å². The molecule has 2 heteroatoms. The average molecular weight is 168 g/mol. The maximum atomic E-state index is 4.00. The van der Waals surface area contributed by atoms with Crippen molar-refractivity contribution < 1.29 is 58.2 Å². The summed E-state index contributed by atoms with van der Waals surface area (Å²) in [5.41, 5.74) is 0. The fourth-order valence-corrected chi connectivity index (χ4v) is 0.427. The maximum Gasteiger partial charge on any atom is 1.00 e. The van der Waals surface area contributed by atoms with Gasteiger partial charge in [-0.3, -0.25) is 0 Å². The van der Waals surface area contributed by atoms with Crippen molar-refractivity contribution in [3.05, 3.63) is 18.0 Å². The van der Waals surface area contributed by atoms with Gasteiger partial charge in [-0.1, -0.05) is 12.0 Å². The van der Waals surface area contributed by atoms with Gasteiger partial charge in [0.2, 0.25) is 0 Å². The molecule has 0 aromatic rings. The Morgan fingerprint density at radius 3 is 2.14 bits per heavy atom. The van der Waals surface area contributed by atoms with Crippen LogP contribution in [0.5, 0.6) is 0 Å². The van der Waals surface area contributed by atoms with Crippen molar-refractivity contribution in [2.45, 2.75) is 0 Å². The van der Waals surface area contributed by atoms with Gasteiger partial charge in [-0.05, 0) is 0 Å². The molecule has 0 bridgehead atoms. The Bertz CT molecular complexity index is 59.1. The Morgan fingerprint density at radius 2 is 2.14 bits per heavy atom. The van der Waals surface area contributed by atoms with Gasteiger partial charge in [0.15, 0.2) is 0 Å². The standard InChI is InChI=1S/C5H8N.Rb/c1-2-5-3-6-4-5;/h2,5H,1,3-4H2;/q-1;+1. The topological polar surface area (TPSA) is 14.1 Å². The van der Waals surface area contributed by atoms with Gasteiger partial charge in [-0.2, -0.15) is 0 Å². The van der Waals surface area contributed by atoms with Gasteiger partial charge < -0.3 is 5.32 Å². The van der Waals surface area contributed by atoms with Crippen LogP contribution in [0.2, 0.25) is 0 Å². The Balaban J connectivity index is 0.000000360. The van der Waals surface area contributed by atoms with E-state index in [4.69, 9.17) is 0 Å². The summed E-state index contributed by atoms with van der Waals surface area (Å²) in [6.45, 7) is 5.66. The van der Waals surface area contributed by atoms with Crippen LogP contribution < -0.4 is 58.2 Å². The molecule has 1 aliphatic heterocycles. The second kappa shape index (κ2) is 4.39. The van der Waals surface area contributed by atoms with Crippen molar-refractivity contribution in [2.24, 2.45) is 5.92 Å². The van der Waals surface area contributed by atoms with Crippen LogP contribution in [0.4, 0.5) is 0 Å². The number of nitrogens with zero attached hydrogens (tertiary/aromatic N) is 1. The van der Waals surface area contributed by atoms with Crippen LogP contribution in [0.15, 0.2) is 12.7 Å². The molecule has 0 spiro atoms. The number of rotatable bonds is 1. The second-order valence-corrected chi connectivity index (χ2v) is 1.58. The molecule has 1 nitrogen and oxygen atoms in total. The predicted octanol–water partition coefficient (Wildman–Crippen LogP) is -1.82. The van der Waals surface area contributed by atoms with Crippen molar-refractivity contribution in [2.75, 3.05) is 13.1 Å². The SMILES string of the molecule is C=CC1C[N-]C1.[Rb+]. The maximum absolute atomic E-state index is 4.00. The summed E-state index contributed by atoms with van der Waals surface area (Å²) in [5, 5.41) is 4.00. The third-order valence-corrected chi connectivity index (χ3v) is 1.06. The van der Waals surface area contributed by atoms with Crippen LogP contribution in [-0.4, -0.2) is 13.1 Å². The molecular weight excluding hydrogens is 160 g/mol. The van der Waals surface area contributed by atoms with Crippen molar-refractivity contribution in [3.8, 4) is 0 Å². The monoisotopic (exact) mass is 167 g/mol. The van der Waals surface area contributed by atoms with E-state index in [2.05, 4.69) is 11.9 Å². The van der Waals surface area contributed by atoms with Gasteiger partial charge in [-0.25, -0.2) is 0 Å². The first-order valence-electron chi connectivity index (χ1n) is 2.19. The predicted molar refractivity (Wildman–Crippen MR) is 26.8 cm³/mol. The van der Waals surface area contributed by atoms with E-state index in [0.717, 1.165) is 13.1 Å². The van der Waals surface area contributed by atoms with E-state index in [1.807, 2.05) is 6.08 Å². The van der Waals surface area contributed by atoms with Gasteiger partial charge in [0.05, 0.1) is 0 Å². The molecule has 1 rings (SSSR count). The molecular formula is C5H8NRb. The summed E-state index contributed by atoms with van der Waals surface area (Å²) in [5.74, 6) is 0.713. The van der Waals surface area contributed by atoms with Crippen LogP contribution in [0.25, 0.3) is 5.32 Å². The summed E-state index contributed by atoms with van der Waals surface area (Å²) in [4.78, 5) is 0. The molecule has 34 valence electrons. The zero-order valence-electron chi connectivity index (χ0n) is 4.72. The molecule has 0 N–H and O–H groups in total. The largest absolute Gasteiger partial charge is 1.00 e. The molecule has 0 aromatic heterocycles. The molecule has 0 saturated carbocycles. The molecule has 0 atom stereocenters. The molecule has 1 aliphatic rings. The second-order valence-electron chi connectivity index (χ2n) is 1.58. The van der Waals surface area contributed by atoms with E-state index < -0.39 is 0 Å². The van der Waals surface area contributed by atoms with E-state index in [1.165, 1.54) is 0 Å². The van der Waals surface area contributed by atoms with Crippen molar-refractivity contribution in [3.63, 3.8) is 0 Å². The first-order chi connectivity index (χ1) is 2.93. The fourth-order valence-electron chi connectivity index (χ4n) is 0.427. The van der Waals surface area contributed by atoms with E-state index in [9.17, 15) is 0 Å². The zero-order valence-corrected chi connectivity index (χ0v) is 9.64. The third-order valence-electron chi connectivity index (χ3n) is 1.06. The van der Waals surface area contributed by atoms with E-state index in [0.29, 0.717) is 5.92 Å². The molecule has 0 radical (unpaired) electrons. The molecule has 1 saturated heterocycles. The van der Waals surface area contributed by atoms with Crippen LogP contribution >= 0.6 is 0 Å². The smallest absolute Gasteiger partial charge is 0.661 e. The fraction of sp³-hybridized carbons (Fsp3) is 0.600. The Morgan fingerprint density at radius 1 is 1.57 bits per heavy atom. The van der Waals surface area contributed by atoms with Gasteiger partial charge in [0, 0.05) is 0 Å². The first kappa shape index (κ1) is 8.51. The van der Waals surface area contributed by atoms with Crippen molar-refractivity contribution in [1.29, 1.82) is 0 Å². The molecule has 0 aromatic carbocycles. The Labute approximate surface area is 93.3 Å². The summed E-state index contributed by atoms with van der Waals surface area (Å²) >= 11 is 0. The van der Waals surface area contributed by atoms with Crippen LogP contribution in [0, 0.1) is 5.92 Å². The van der Waals surface area contributed by atoms with E-state index >= 15 is 0 Å². The van der Waals surface area contributed by atoms with Gasteiger partial charge in [-0.15, -0.1) is 19.7 Å². The molecule has 1 fully saturated rings. The van der Waals surface area contributed by atoms with Gasteiger partial charge in [0.1, 0.15) is 0 Å². The summed E-state index contributed by atoms with van der Waals surface area (Å²) < 4.78 is 0. The minimum absolute atomic E-state index is 0. The Hall–Kier alpha value is 1.51. The average Bonchev–Trinajstić information content (AvgIpc) is 1.31. The van der Waals surface area contributed by atoms with Gasteiger partial charge in [0.25, 0.3) is 0 Å². The molecule has 7 heavy (non-hydrogen) atoms. The van der Waals surface area contributed by atoms with E-state index in [-0.39, 0.29) is 58.2 Å². The minimum atomic E-state index is 0. The van der Waals surface area contributed by atoms with Crippen molar-refractivity contribution >= 4 is 0 Å². The minimum Gasteiger partial charge on any atom is -0.661 e. The van der Waals surface area contributed by atoms with Gasteiger partial charge >= 0.3 is 58.2 Å². The van der Waals surface area contributed by atoms with Crippen LogP contribution in [0.3, 0.4) is 0 Å². The number of hydrogen-bond donors (Lipinski definition) is 0. The summed E-state index contributed by atoms with van der Waals surface area (Å²) in [7, 11) is 0. The molecule has 1 heterocycles. The number of hydrogen-bond acceptors (Lipinski definition) is 0. The Kier molecular flexibility index (Phi) is 5.33. The zero-order chi connectivity index (χ0) is 4.41. The molecule has 0 unspecified atom stereocenters. The summed E-state index contributed by atoms with van der Waals surface area (Å²) in [6, 6.07) is 0. The molecule has 0 amide bonds. The van der Waals surface area contributed by atoms with Crippen LogP contribution in [0.1, 0.15) is 0 Å².